The highest BCUT2D eigenvalue weighted by atomic mass is 19.4. The van der Waals surface area contributed by atoms with Gasteiger partial charge in [-0.3, -0.25) is 4.79 Å². The molecule has 0 heterocycles. The zero-order chi connectivity index (χ0) is 22.3. The first-order valence-corrected chi connectivity index (χ1v) is 10.1. The largest absolute Gasteiger partial charge is 0.493 e. The summed E-state index contributed by atoms with van der Waals surface area (Å²) in [6, 6.07) is 8.77. The number of ether oxygens (including phenoxy) is 1. The molecule has 0 radical (unpaired) electrons. The van der Waals surface area contributed by atoms with Crippen LogP contribution < -0.4 is 10.1 Å². The third-order valence-electron chi connectivity index (χ3n) is 5.08. The molecule has 0 spiro atoms. The van der Waals surface area contributed by atoms with E-state index in [1.165, 1.54) is 12.1 Å². The maximum absolute atomic E-state index is 13.5. The highest BCUT2D eigenvalue weighted by Crippen LogP contribution is 2.38. The first-order chi connectivity index (χ1) is 14.2. The molecular formula is C23H29F3N2O2. The predicted molar refractivity (Wildman–Crippen MR) is 113 cm³/mol. The second-order valence-corrected chi connectivity index (χ2v) is 7.19. The molecule has 0 saturated carbocycles. The fraction of sp³-hybridized carbons (Fsp3) is 0.435. The number of amides is 1. The minimum absolute atomic E-state index is 0.0704. The lowest BCUT2D eigenvalue weighted by molar-refractivity contribution is -0.138. The van der Waals surface area contributed by atoms with Gasteiger partial charge in [-0.05, 0) is 74.8 Å². The van der Waals surface area contributed by atoms with Crippen molar-refractivity contribution in [3.05, 3.63) is 58.7 Å². The summed E-state index contributed by atoms with van der Waals surface area (Å²) in [7, 11) is 0. The molecule has 1 N–H and O–H groups in total. The van der Waals surface area contributed by atoms with E-state index < -0.39 is 17.6 Å². The Morgan fingerprint density at radius 2 is 1.73 bits per heavy atom. The van der Waals surface area contributed by atoms with E-state index in [0.29, 0.717) is 12.0 Å². The van der Waals surface area contributed by atoms with Gasteiger partial charge in [0.1, 0.15) is 5.75 Å². The number of alkyl halides is 3. The van der Waals surface area contributed by atoms with E-state index in [9.17, 15) is 18.0 Å². The van der Waals surface area contributed by atoms with Crippen molar-refractivity contribution in [3.8, 4) is 5.75 Å². The summed E-state index contributed by atoms with van der Waals surface area (Å²) in [5.41, 5.74) is 1.54. The van der Waals surface area contributed by atoms with Crippen molar-refractivity contribution < 1.29 is 22.7 Å². The smallest absolute Gasteiger partial charge is 0.420 e. The van der Waals surface area contributed by atoms with Crippen molar-refractivity contribution in [1.82, 2.24) is 4.90 Å². The number of hydrogen-bond donors (Lipinski definition) is 1. The number of carbonyl (C=O) groups excluding carboxylic acids is 1. The number of nitrogens with one attached hydrogen (secondary N) is 1. The number of benzene rings is 2. The lowest BCUT2D eigenvalue weighted by atomic mass is 10.1. The molecule has 0 aliphatic heterocycles. The SMILES string of the molecule is CCN(CC)CCCOc1ccc(NC(=O)c2ccc(C)c(C)c2)cc1C(F)(F)F. The fourth-order valence-corrected chi connectivity index (χ4v) is 3.05. The Balaban J connectivity index is 2.11. The zero-order valence-corrected chi connectivity index (χ0v) is 17.9. The minimum atomic E-state index is -4.59. The molecule has 0 aliphatic rings. The number of hydrogen-bond acceptors (Lipinski definition) is 3. The molecule has 0 atom stereocenters. The Morgan fingerprint density at radius 1 is 1.03 bits per heavy atom. The number of aryl methyl sites for hydroxylation is 2. The number of anilines is 1. The van der Waals surface area contributed by atoms with Gasteiger partial charge in [0.2, 0.25) is 0 Å². The molecule has 0 fully saturated rings. The molecule has 30 heavy (non-hydrogen) atoms. The van der Waals surface area contributed by atoms with Crippen LogP contribution >= 0.6 is 0 Å². The molecule has 2 aromatic rings. The Hall–Kier alpha value is -2.54. The molecule has 164 valence electrons. The van der Waals surface area contributed by atoms with E-state index in [0.717, 1.165) is 36.8 Å². The van der Waals surface area contributed by atoms with E-state index in [2.05, 4.69) is 10.2 Å². The summed E-state index contributed by atoms with van der Waals surface area (Å²) in [6.45, 7) is 10.6. The molecule has 0 aromatic heterocycles. The summed E-state index contributed by atoms with van der Waals surface area (Å²) in [4.78, 5) is 14.6. The van der Waals surface area contributed by atoms with Gasteiger partial charge in [-0.15, -0.1) is 0 Å². The minimum Gasteiger partial charge on any atom is -0.493 e. The Kier molecular flexibility index (Phi) is 8.29. The molecule has 1 amide bonds. The van der Waals surface area contributed by atoms with Crippen LogP contribution in [0.4, 0.5) is 18.9 Å². The van der Waals surface area contributed by atoms with Gasteiger partial charge < -0.3 is 15.0 Å². The lowest BCUT2D eigenvalue weighted by Crippen LogP contribution is -2.25. The molecule has 0 saturated heterocycles. The first-order valence-electron chi connectivity index (χ1n) is 10.1. The molecule has 0 aliphatic carbocycles. The standard InChI is InChI=1S/C23H29F3N2O2/c1-5-28(6-2)12-7-13-30-21-11-10-19(15-20(21)23(24,25)26)27-22(29)18-9-8-16(3)17(4)14-18/h8-11,14-15H,5-7,12-13H2,1-4H3,(H,27,29). The van der Waals surface area contributed by atoms with Crippen molar-refractivity contribution in [1.29, 1.82) is 0 Å². The summed E-state index contributed by atoms with van der Waals surface area (Å²) in [6.07, 6.45) is -3.96. The van der Waals surface area contributed by atoms with Crippen LogP contribution in [0.5, 0.6) is 5.75 Å². The Labute approximate surface area is 176 Å². The van der Waals surface area contributed by atoms with E-state index >= 15 is 0 Å². The predicted octanol–water partition coefficient (Wildman–Crippen LogP) is 5.69. The fourth-order valence-electron chi connectivity index (χ4n) is 3.05. The second kappa shape index (κ2) is 10.5. The Bertz CT molecular complexity index is 862. The highest BCUT2D eigenvalue weighted by Gasteiger charge is 2.35. The van der Waals surface area contributed by atoms with E-state index in [4.69, 9.17) is 4.74 Å². The average molecular weight is 422 g/mol. The molecule has 4 nitrogen and oxygen atoms in total. The highest BCUT2D eigenvalue weighted by molar-refractivity contribution is 6.04. The van der Waals surface area contributed by atoms with Gasteiger partial charge in [0, 0.05) is 17.8 Å². The van der Waals surface area contributed by atoms with Gasteiger partial charge in [0.15, 0.2) is 0 Å². The van der Waals surface area contributed by atoms with E-state index in [-0.39, 0.29) is 18.0 Å². The van der Waals surface area contributed by atoms with Gasteiger partial charge in [-0.25, -0.2) is 0 Å². The Morgan fingerprint density at radius 3 is 2.33 bits per heavy atom. The van der Waals surface area contributed by atoms with Gasteiger partial charge in [-0.2, -0.15) is 13.2 Å². The molecule has 2 aromatic carbocycles. The van der Waals surface area contributed by atoms with Gasteiger partial charge in [0.25, 0.3) is 5.91 Å². The van der Waals surface area contributed by atoms with Crippen molar-refractivity contribution >= 4 is 11.6 Å². The maximum Gasteiger partial charge on any atom is 0.420 e. The van der Waals surface area contributed by atoms with E-state index in [1.807, 2.05) is 27.7 Å². The van der Waals surface area contributed by atoms with Crippen molar-refractivity contribution in [2.24, 2.45) is 0 Å². The second-order valence-electron chi connectivity index (χ2n) is 7.19. The van der Waals surface area contributed by atoms with Crippen LogP contribution in [0.3, 0.4) is 0 Å². The molecule has 7 heteroatoms. The van der Waals surface area contributed by atoms with E-state index in [1.54, 1.807) is 18.2 Å². The maximum atomic E-state index is 13.5. The summed E-state index contributed by atoms with van der Waals surface area (Å²) in [5.74, 6) is -0.689. The van der Waals surface area contributed by atoms with Crippen LogP contribution in [0, 0.1) is 13.8 Å². The molecule has 0 unspecified atom stereocenters. The number of nitrogens with zero attached hydrogens (tertiary/aromatic N) is 1. The van der Waals surface area contributed by atoms with Crippen LogP contribution in [-0.4, -0.2) is 37.0 Å². The van der Waals surface area contributed by atoms with Crippen LogP contribution in [0.1, 0.15) is 47.3 Å². The van der Waals surface area contributed by atoms with Crippen molar-refractivity contribution in [2.45, 2.75) is 40.3 Å². The summed E-state index contributed by atoms with van der Waals surface area (Å²) < 4.78 is 46.0. The van der Waals surface area contributed by atoms with Crippen LogP contribution in [0.25, 0.3) is 0 Å². The lowest BCUT2D eigenvalue weighted by Gasteiger charge is -2.19. The third kappa shape index (κ3) is 6.49. The number of halogens is 3. The quantitative estimate of drug-likeness (QED) is 0.528. The molecule has 2 rings (SSSR count). The summed E-state index contributed by atoms with van der Waals surface area (Å²) >= 11 is 0. The monoisotopic (exact) mass is 422 g/mol. The van der Waals surface area contributed by atoms with Crippen molar-refractivity contribution in [2.75, 3.05) is 31.6 Å². The number of rotatable bonds is 9. The first kappa shape index (κ1) is 23.7. The van der Waals surface area contributed by atoms with Crippen molar-refractivity contribution in [3.63, 3.8) is 0 Å². The molecule has 0 bridgehead atoms. The zero-order valence-electron chi connectivity index (χ0n) is 17.9. The van der Waals surface area contributed by atoms with Gasteiger partial charge >= 0.3 is 6.18 Å². The number of carbonyl (C=O) groups is 1. The summed E-state index contributed by atoms with van der Waals surface area (Å²) in [5, 5.41) is 2.54. The topological polar surface area (TPSA) is 41.6 Å². The average Bonchev–Trinajstić information content (AvgIpc) is 2.70. The third-order valence-corrected chi connectivity index (χ3v) is 5.08. The molecular weight excluding hydrogens is 393 g/mol. The van der Waals surface area contributed by atoms with Crippen LogP contribution in [0.2, 0.25) is 0 Å². The van der Waals surface area contributed by atoms with Crippen LogP contribution in [-0.2, 0) is 6.18 Å². The normalized spacial score (nSPS) is 11.6. The van der Waals surface area contributed by atoms with Gasteiger partial charge in [0.05, 0.1) is 12.2 Å². The van der Waals surface area contributed by atoms with Gasteiger partial charge in [-0.1, -0.05) is 19.9 Å². The van der Waals surface area contributed by atoms with Crippen LogP contribution in [0.15, 0.2) is 36.4 Å².